The highest BCUT2D eigenvalue weighted by molar-refractivity contribution is 7.93. The molecule has 1 aromatic rings. The molecule has 1 amide bonds. The molecule has 1 aliphatic rings. The van der Waals surface area contributed by atoms with Crippen molar-refractivity contribution in [2.75, 3.05) is 28.5 Å². The molecule has 0 saturated carbocycles. The number of nitrogens with one attached hydrogen (secondary N) is 1. The molecule has 120 valence electrons. The molecule has 1 aromatic carbocycles. The molecule has 1 aliphatic heterocycles. The first-order valence-electron chi connectivity index (χ1n) is 6.94. The maximum atomic E-state index is 11.9. The first-order valence-corrected chi connectivity index (χ1v) is 8.55. The summed E-state index contributed by atoms with van der Waals surface area (Å²) in [6.07, 6.45) is 0.600. The number of sulfonamides is 1. The molecule has 0 radical (unpaired) electrons. The van der Waals surface area contributed by atoms with Crippen LogP contribution in [0, 0.1) is 6.92 Å². The van der Waals surface area contributed by atoms with Crippen LogP contribution in [0.3, 0.4) is 0 Å². The normalized spacial score (nSPS) is 16.4. The maximum Gasteiger partial charge on any atom is 0.397 e. The molecule has 0 unspecified atom stereocenters. The molecule has 0 aliphatic carbocycles. The Labute approximate surface area is 129 Å². The third kappa shape index (κ3) is 3.38. The van der Waals surface area contributed by atoms with Crippen molar-refractivity contribution < 1.29 is 22.7 Å². The fraction of sp³-hybridized carbons (Fsp3) is 0.429. The van der Waals surface area contributed by atoms with Gasteiger partial charge in [0, 0.05) is 12.2 Å². The number of rotatable bonds is 3. The molecular formula is C14H18N2O5S. The zero-order chi connectivity index (χ0) is 16.3. The smallest absolute Gasteiger partial charge is 0.397 e. The van der Waals surface area contributed by atoms with Gasteiger partial charge in [-0.1, -0.05) is 0 Å². The number of aryl methyl sites for hydroxylation is 1. The lowest BCUT2D eigenvalue weighted by atomic mass is 10.1. The minimum Gasteiger partial charge on any atom is -0.459 e. The summed E-state index contributed by atoms with van der Waals surface area (Å²) in [5, 5.41) is 2.42. The van der Waals surface area contributed by atoms with Crippen LogP contribution in [0.15, 0.2) is 18.2 Å². The van der Waals surface area contributed by atoms with E-state index in [1.165, 1.54) is 4.31 Å². The maximum absolute atomic E-state index is 11.9. The predicted molar refractivity (Wildman–Crippen MR) is 82.2 cm³/mol. The number of hydrogen-bond donors (Lipinski definition) is 1. The summed E-state index contributed by atoms with van der Waals surface area (Å²) in [6, 6.07) is 4.81. The average molecular weight is 326 g/mol. The van der Waals surface area contributed by atoms with Gasteiger partial charge in [-0.05, 0) is 44.0 Å². The summed E-state index contributed by atoms with van der Waals surface area (Å²) >= 11 is 0. The second kappa shape index (κ2) is 6.35. The molecule has 1 N–H and O–H groups in total. The Bertz CT molecular complexity index is 699. The summed E-state index contributed by atoms with van der Waals surface area (Å²) in [4.78, 5) is 22.8. The average Bonchev–Trinajstić information content (AvgIpc) is 2.79. The molecule has 1 fully saturated rings. The minimum absolute atomic E-state index is 0.122. The predicted octanol–water partition coefficient (Wildman–Crippen LogP) is 1.04. The lowest BCUT2D eigenvalue weighted by molar-refractivity contribution is -0.152. The Balaban J connectivity index is 2.17. The zero-order valence-electron chi connectivity index (χ0n) is 12.5. The van der Waals surface area contributed by atoms with Gasteiger partial charge in [-0.25, -0.2) is 13.2 Å². The largest absolute Gasteiger partial charge is 0.459 e. The van der Waals surface area contributed by atoms with E-state index in [9.17, 15) is 18.0 Å². The number of ether oxygens (including phenoxy) is 1. The summed E-state index contributed by atoms with van der Waals surface area (Å²) in [6.45, 7) is 3.94. The van der Waals surface area contributed by atoms with Gasteiger partial charge in [-0.15, -0.1) is 0 Å². The number of carbonyl (C=O) groups is 2. The fourth-order valence-electron chi connectivity index (χ4n) is 2.30. The van der Waals surface area contributed by atoms with Crippen LogP contribution in [0.25, 0.3) is 0 Å². The molecule has 7 nitrogen and oxygen atoms in total. The Morgan fingerprint density at radius 2 is 2.09 bits per heavy atom. The van der Waals surface area contributed by atoms with Crippen molar-refractivity contribution in [1.29, 1.82) is 0 Å². The van der Waals surface area contributed by atoms with E-state index < -0.39 is 21.9 Å². The van der Waals surface area contributed by atoms with E-state index in [2.05, 4.69) is 10.1 Å². The molecule has 1 heterocycles. The van der Waals surface area contributed by atoms with Crippen LogP contribution in [-0.2, 0) is 24.3 Å². The first kappa shape index (κ1) is 16.3. The van der Waals surface area contributed by atoms with E-state index in [0.29, 0.717) is 29.9 Å². The highest BCUT2D eigenvalue weighted by Gasteiger charge is 2.29. The highest BCUT2D eigenvalue weighted by atomic mass is 32.2. The summed E-state index contributed by atoms with van der Waals surface area (Å²) in [5.41, 5.74) is 1.70. The van der Waals surface area contributed by atoms with Crippen LogP contribution >= 0.6 is 0 Å². The lowest BCUT2D eigenvalue weighted by Gasteiger charge is -2.19. The summed E-state index contributed by atoms with van der Waals surface area (Å²) in [7, 11) is -3.25. The molecular weight excluding hydrogens is 308 g/mol. The van der Waals surface area contributed by atoms with Crippen LogP contribution in [-0.4, -0.2) is 39.2 Å². The quantitative estimate of drug-likeness (QED) is 0.662. The minimum atomic E-state index is -3.25. The van der Waals surface area contributed by atoms with Crippen molar-refractivity contribution in [1.82, 2.24) is 0 Å². The Kier molecular flexibility index (Phi) is 4.70. The van der Waals surface area contributed by atoms with Crippen LogP contribution in [0.5, 0.6) is 0 Å². The Morgan fingerprint density at radius 3 is 2.64 bits per heavy atom. The molecule has 0 bridgehead atoms. The van der Waals surface area contributed by atoms with Crippen LogP contribution < -0.4 is 9.62 Å². The fourth-order valence-corrected chi connectivity index (χ4v) is 3.93. The molecule has 1 saturated heterocycles. The van der Waals surface area contributed by atoms with Gasteiger partial charge < -0.3 is 10.1 Å². The number of esters is 1. The number of nitrogens with zero attached hydrogens (tertiary/aromatic N) is 1. The van der Waals surface area contributed by atoms with Gasteiger partial charge in [0.1, 0.15) is 0 Å². The van der Waals surface area contributed by atoms with Gasteiger partial charge in [0.15, 0.2) is 0 Å². The van der Waals surface area contributed by atoms with Crippen molar-refractivity contribution in [3.05, 3.63) is 23.8 Å². The van der Waals surface area contributed by atoms with Crippen molar-refractivity contribution in [3.8, 4) is 0 Å². The topological polar surface area (TPSA) is 92.8 Å². The molecule has 0 aromatic heterocycles. The van der Waals surface area contributed by atoms with E-state index in [1.807, 2.05) is 0 Å². The van der Waals surface area contributed by atoms with Gasteiger partial charge >= 0.3 is 11.9 Å². The molecule has 0 spiro atoms. The van der Waals surface area contributed by atoms with Crippen LogP contribution in [0.2, 0.25) is 0 Å². The Hall–Kier alpha value is -2.09. The van der Waals surface area contributed by atoms with E-state index >= 15 is 0 Å². The van der Waals surface area contributed by atoms with E-state index in [0.717, 1.165) is 0 Å². The van der Waals surface area contributed by atoms with Gasteiger partial charge in [-0.3, -0.25) is 9.10 Å². The third-order valence-electron chi connectivity index (χ3n) is 3.28. The third-order valence-corrected chi connectivity index (χ3v) is 5.14. The van der Waals surface area contributed by atoms with E-state index in [-0.39, 0.29) is 12.4 Å². The number of anilines is 2. The molecule has 0 atom stereocenters. The van der Waals surface area contributed by atoms with Crippen LogP contribution in [0.1, 0.15) is 18.9 Å². The van der Waals surface area contributed by atoms with Gasteiger partial charge in [0.25, 0.3) is 0 Å². The van der Waals surface area contributed by atoms with Crippen molar-refractivity contribution >= 4 is 33.3 Å². The first-order chi connectivity index (χ1) is 10.3. The number of carbonyl (C=O) groups excluding carboxylic acids is 2. The summed E-state index contributed by atoms with van der Waals surface area (Å²) < 4.78 is 29.8. The number of hydrogen-bond acceptors (Lipinski definition) is 5. The second-order valence-corrected chi connectivity index (χ2v) is 6.93. The van der Waals surface area contributed by atoms with Crippen LogP contribution in [0.4, 0.5) is 11.4 Å². The lowest BCUT2D eigenvalue weighted by Crippen LogP contribution is -2.26. The van der Waals surface area contributed by atoms with E-state index in [4.69, 9.17) is 0 Å². The molecule has 2 rings (SSSR count). The molecule has 22 heavy (non-hydrogen) atoms. The van der Waals surface area contributed by atoms with Gasteiger partial charge in [0.2, 0.25) is 10.0 Å². The second-order valence-electron chi connectivity index (χ2n) is 4.92. The SMILES string of the molecule is CCOC(=O)C(=O)Nc1ccc(N2CCCS2(=O)=O)c(C)c1. The van der Waals surface area contributed by atoms with Crippen molar-refractivity contribution in [2.24, 2.45) is 0 Å². The van der Waals surface area contributed by atoms with Crippen molar-refractivity contribution in [2.45, 2.75) is 20.3 Å². The van der Waals surface area contributed by atoms with Gasteiger partial charge in [0.05, 0.1) is 18.0 Å². The standard InChI is InChI=1S/C14H18N2O5S/c1-3-21-14(18)13(17)15-11-5-6-12(10(2)9-11)16-7-4-8-22(16,19)20/h5-6,9H,3-4,7-8H2,1-2H3,(H,15,17). The molecule has 8 heteroatoms. The van der Waals surface area contributed by atoms with Crippen molar-refractivity contribution in [3.63, 3.8) is 0 Å². The number of amides is 1. The van der Waals surface area contributed by atoms with E-state index in [1.54, 1.807) is 32.0 Å². The zero-order valence-corrected chi connectivity index (χ0v) is 13.3. The Morgan fingerprint density at radius 1 is 1.36 bits per heavy atom. The van der Waals surface area contributed by atoms with Gasteiger partial charge in [-0.2, -0.15) is 0 Å². The highest BCUT2D eigenvalue weighted by Crippen LogP contribution is 2.29. The monoisotopic (exact) mass is 326 g/mol. The number of benzene rings is 1. The summed E-state index contributed by atoms with van der Waals surface area (Å²) in [5.74, 6) is -1.66.